The van der Waals surface area contributed by atoms with E-state index in [0.29, 0.717) is 21.3 Å². The fraction of sp³-hybridized carbons (Fsp3) is 0.0625. The van der Waals surface area contributed by atoms with Crippen molar-refractivity contribution in [2.24, 2.45) is 10.8 Å². The van der Waals surface area contributed by atoms with Gasteiger partial charge >= 0.3 is 12.0 Å². The molecule has 0 aromatic heterocycles. The Bertz CT molecular complexity index is 778. The maximum atomic E-state index is 12.1. The number of nitrogens with one attached hydrogen (secondary N) is 1. The van der Waals surface area contributed by atoms with Crippen molar-refractivity contribution < 1.29 is 19.1 Å². The van der Waals surface area contributed by atoms with Crippen LogP contribution in [0.25, 0.3) is 0 Å². The fourth-order valence-corrected chi connectivity index (χ4v) is 2.21. The highest BCUT2D eigenvalue weighted by Crippen LogP contribution is 2.33. The number of methoxy groups -OCH3 is 1. The van der Waals surface area contributed by atoms with Gasteiger partial charge in [-0.25, -0.2) is 15.0 Å². The second kappa shape index (κ2) is 8.11. The third-order valence-corrected chi connectivity index (χ3v) is 3.56. The highest BCUT2D eigenvalue weighted by atomic mass is 79.9. The molecule has 0 radical (unpaired) electrons. The molecule has 2 aromatic carbocycles. The van der Waals surface area contributed by atoms with E-state index in [1.807, 2.05) is 6.07 Å². The zero-order valence-electron chi connectivity index (χ0n) is 12.7. The van der Waals surface area contributed by atoms with Crippen molar-refractivity contribution in [3.63, 3.8) is 0 Å². The number of benzene rings is 2. The summed E-state index contributed by atoms with van der Waals surface area (Å²) in [5, 5.41) is 3.67. The van der Waals surface area contributed by atoms with Crippen LogP contribution in [0, 0.1) is 0 Å². The van der Waals surface area contributed by atoms with Gasteiger partial charge in [0.15, 0.2) is 11.5 Å². The molecule has 0 spiro atoms. The fourth-order valence-electron chi connectivity index (χ4n) is 1.79. The third-order valence-electron chi connectivity index (χ3n) is 2.87. The molecule has 0 saturated carbocycles. The van der Waals surface area contributed by atoms with Gasteiger partial charge in [0.25, 0.3) is 0 Å². The summed E-state index contributed by atoms with van der Waals surface area (Å²) in [6.07, 6.45) is 1.38. The summed E-state index contributed by atoms with van der Waals surface area (Å²) in [7, 11) is 1.45. The van der Waals surface area contributed by atoms with Gasteiger partial charge in [0, 0.05) is 10.0 Å². The normalized spacial score (nSPS) is 10.4. The minimum atomic E-state index is -0.775. The van der Waals surface area contributed by atoms with Crippen molar-refractivity contribution in [2.75, 3.05) is 7.11 Å². The Labute approximate surface area is 146 Å². The number of hydrogen-bond acceptors (Lipinski definition) is 5. The molecule has 2 aromatic rings. The molecule has 0 saturated heterocycles. The van der Waals surface area contributed by atoms with E-state index in [-0.39, 0.29) is 5.75 Å². The first-order valence-corrected chi connectivity index (χ1v) is 7.54. The van der Waals surface area contributed by atoms with Crippen LogP contribution in [-0.4, -0.2) is 25.3 Å². The zero-order valence-corrected chi connectivity index (χ0v) is 14.2. The molecule has 0 aliphatic carbocycles. The number of halogens is 1. The minimum absolute atomic E-state index is 0.248. The maximum absolute atomic E-state index is 12.1. The molecule has 7 nitrogen and oxygen atoms in total. The largest absolute Gasteiger partial charge is 0.493 e. The summed E-state index contributed by atoms with van der Waals surface area (Å²) in [6, 6.07) is 11.0. The molecular formula is C16H14BrN3O4. The minimum Gasteiger partial charge on any atom is -0.493 e. The number of hydrazone groups is 1. The molecule has 24 heavy (non-hydrogen) atoms. The Morgan fingerprint density at radius 2 is 1.92 bits per heavy atom. The van der Waals surface area contributed by atoms with Gasteiger partial charge in [0.2, 0.25) is 0 Å². The van der Waals surface area contributed by atoms with Crippen LogP contribution in [0.5, 0.6) is 11.5 Å². The first kappa shape index (κ1) is 17.5. The van der Waals surface area contributed by atoms with Gasteiger partial charge in [-0.05, 0) is 40.2 Å². The van der Waals surface area contributed by atoms with Crippen LogP contribution in [0.1, 0.15) is 15.9 Å². The van der Waals surface area contributed by atoms with Crippen LogP contribution in [0.2, 0.25) is 0 Å². The molecule has 0 fully saturated rings. The SMILES string of the molecule is COc1cc(C=NNC(N)=O)c(Br)cc1OC(=O)c1ccccc1. The summed E-state index contributed by atoms with van der Waals surface area (Å²) in [6.45, 7) is 0. The highest BCUT2D eigenvalue weighted by molar-refractivity contribution is 9.10. The molecule has 124 valence electrons. The van der Waals surface area contributed by atoms with Crippen molar-refractivity contribution in [2.45, 2.75) is 0 Å². The number of carbonyl (C=O) groups is 2. The van der Waals surface area contributed by atoms with Crippen molar-refractivity contribution in [3.8, 4) is 11.5 Å². The van der Waals surface area contributed by atoms with Crippen molar-refractivity contribution in [1.82, 2.24) is 5.43 Å². The number of urea groups is 1. The van der Waals surface area contributed by atoms with E-state index in [9.17, 15) is 9.59 Å². The summed E-state index contributed by atoms with van der Waals surface area (Å²) in [5.74, 6) is 0.0823. The summed E-state index contributed by atoms with van der Waals surface area (Å²) < 4.78 is 11.2. The number of carbonyl (C=O) groups excluding carboxylic acids is 2. The molecule has 0 bridgehead atoms. The predicted molar refractivity (Wildman–Crippen MR) is 92.4 cm³/mol. The van der Waals surface area contributed by atoms with E-state index >= 15 is 0 Å². The van der Waals surface area contributed by atoms with E-state index in [4.69, 9.17) is 15.2 Å². The number of primary amides is 1. The molecule has 0 heterocycles. The summed E-state index contributed by atoms with van der Waals surface area (Å²) >= 11 is 3.34. The van der Waals surface area contributed by atoms with Gasteiger partial charge in [-0.15, -0.1) is 0 Å². The number of amides is 2. The monoisotopic (exact) mass is 391 g/mol. The van der Waals surface area contributed by atoms with Gasteiger partial charge in [-0.2, -0.15) is 5.10 Å². The van der Waals surface area contributed by atoms with Gasteiger partial charge in [0.05, 0.1) is 18.9 Å². The highest BCUT2D eigenvalue weighted by Gasteiger charge is 2.14. The van der Waals surface area contributed by atoms with Gasteiger partial charge < -0.3 is 15.2 Å². The van der Waals surface area contributed by atoms with E-state index in [2.05, 4.69) is 26.5 Å². The Kier molecular flexibility index (Phi) is 5.91. The molecule has 0 atom stereocenters. The smallest absolute Gasteiger partial charge is 0.343 e. The van der Waals surface area contributed by atoms with Crippen LogP contribution in [0.4, 0.5) is 4.79 Å². The molecule has 2 rings (SSSR count). The third kappa shape index (κ3) is 4.56. The molecule has 0 unspecified atom stereocenters. The number of nitrogens with zero attached hydrogens (tertiary/aromatic N) is 1. The lowest BCUT2D eigenvalue weighted by atomic mass is 10.2. The predicted octanol–water partition coefficient (Wildman–Crippen LogP) is 2.68. The molecule has 0 aliphatic heterocycles. The lowest BCUT2D eigenvalue weighted by molar-refractivity contribution is 0.0729. The first-order chi connectivity index (χ1) is 11.5. The number of esters is 1. The van der Waals surface area contributed by atoms with Crippen molar-refractivity contribution in [3.05, 3.63) is 58.1 Å². The quantitative estimate of drug-likeness (QED) is 0.353. The summed E-state index contributed by atoms with van der Waals surface area (Å²) in [4.78, 5) is 22.8. The average molecular weight is 392 g/mol. The zero-order chi connectivity index (χ0) is 17.5. The summed E-state index contributed by atoms with van der Waals surface area (Å²) in [5.41, 5.74) is 8.04. The topological polar surface area (TPSA) is 103 Å². The van der Waals surface area contributed by atoms with E-state index in [0.717, 1.165) is 0 Å². The Balaban J connectivity index is 2.24. The number of ether oxygens (including phenoxy) is 2. The maximum Gasteiger partial charge on any atom is 0.343 e. The Morgan fingerprint density at radius 3 is 2.54 bits per heavy atom. The van der Waals surface area contributed by atoms with Crippen LogP contribution >= 0.6 is 15.9 Å². The lowest BCUT2D eigenvalue weighted by Gasteiger charge is -2.11. The van der Waals surface area contributed by atoms with E-state index in [1.165, 1.54) is 13.3 Å². The first-order valence-electron chi connectivity index (χ1n) is 6.74. The van der Waals surface area contributed by atoms with Gasteiger partial charge in [-0.3, -0.25) is 0 Å². The van der Waals surface area contributed by atoms with Crippen LogP contribution < -0.4 is 20.6 Å². The lowest BCUT2D eigenvalue weighted by Crippen LogP contribution is -2.24. The van der Waals surface area contributed by atoms with E-state index < -0.39 is 12.0 Å². The molecule has 8 heteroatoms. The van der Waals surface area contributed by atoms with Crippen LogP contribution in [0.3, 0.4) is 0 Å². The van der Waals surface area contributed by atoms with E-state index in [1.54, 1.807) is 36.4 Å². The number of rotatable bonds is 5. The van der Waals surface area contributed by atoms with Gasteiger partial charge in [0.1, 0.15) is 0 Å². The van der Waals surface area contributed by atoms with Gasteiger partial charge in [-0.1, -0.05) is 18.2 Å². The Hall–Kier alpha value is -2.87. The molecule has 3 N–H and O–H groups in total. The number of hydrogen-bond donors (Lipinski definition) is 2. The van der Waals surface area contributed by atoms with Crippen LogP contribution in [-0.2, 0) is 0 Å². The van der Waals surface area contributed by atoms with Crippen LogP contribution in [0.15, 0.2) is 52.0 Å². The van der Waals surface area contributed by atoms with Crippen molar-refractivity contribution in [1.29, 1.82) is 0 Å². The number of nitrogens with two attached hydrogens (primary N) is 1. The average Bonchev–Trinajstić information content (AvgIpc) is 2.57. The second-order valence-corrected chi connectivity index (χ2v) is 5.37. The standard InChI is InChI=1S/C16H14BrN3O4/c1-23-13-7-11(9-19-20-16(18)22)12(17)8-14(13)24-15(21)10-5-3-2-4-6-10/h2-9H,1H3,(H3,18,20,22). The van der Waals surface area contributed by atoms with Crippen molar-refractivity contribution >= 4 is 34.1 Å². The molecule has 2 amide bonds. The molecule has 0 aliphatic rings. The Morgan fingerprint density at radius 1 is 1.21 bits per heavy atom. The second-order valence-electron chi connectivity index (χ2n) is 4.51. The molecular weight excluding hydrogens is 378 g/mol.